The minimum atomic E-state index is -0.774. The first-order valence-electron chi connectivity index (χ1n) is 4.35. The molecule has 0 spiro atoms. The van der Waals surface area contributed by atoms with Gasteiger partial charge in [0.2, 0.25) is 0 Å². The fraction of sp³-hybridized carbons (Fsp3) is 0.444. The number of hydrogen-bond acceptors (Lipinski definition) is 4. The maximum absolute atomic E-state index is 10.9. The van der Waals surface area contributed by atoms with Gasteiger partial charge < -0.3 is 5.11 Å². The molecule has 1 aromatic heterocycles. The Bertz CT molecular complexity index is 381. The van der Waals surface area contributed by atoms with E-state index in [9.17, 15) is 4.79 Å². The van der Waals surface area contributed by atoms with Gasteiger partial charge in [0.15, 0.2) is 5.16 Å². The van der Waals surface area contributed by atoms with Crippen LogP contribution in [0.5, 0.6) is 0 Å². The zero-order chi connectivity index (χ0) is 10.1. The molecule has 1 N–H and O–H groups in total. The Morgan fingerprint density at radius 3 is 3.14 bits per heavy atom. The molecule has 1 aliphatic carbocycles. The predicted octanol–water partition coefficient (Wildman–Crippen LogP) is 1.31. The summed E-state index contributed by atoms with van der Waals surface area (Å²) in [5, 5.41) is 9.64. The first kappa shape index (κ1) is 9.45. The van der Waals surface area contributed by atoms with Gasteiger partial charge >= 0.3 is 5.97 Å². The fourth-order valence-electron chi connectivity index (χ4n) is 1.69. The van der Waals surface area contributed by atoms with Crippen LogP contribution in [-0.2, 0) is 11.2 Å². The van der Waals surface area contributed by atoms with Gasteiger partial charge in [-0.2, -0.15) is 0 Å². The number of aliphatic carboxylic acids is 1. The van der Waals surface area contributed by atoms with E-state index in [0.717, 1.165) is 22.8 Å². The highest BCUT2D eigenvalue weighted by atomic mass is 32.2. The highest BCUT2D eigenvalue weighted by Crippen LogP contribution is 2.32. The van der Waals surface area contributed by atoms with E-state index >= 15 is 0 Å². The number of aryl methyl sites for hydroxylation is 1. The number of carbonyl (C=O) groups is 1. The van der Waals surface area contributed by atoms with Crippen molar-refractivity contribution in [2.75, 3.05) is 6.26 Å². The van der Waals surface area contributed by atoms with Crippen molar-refractivity contribution in [2.45, 2.75) is 23.9 Å². The second-order valence-corrected chi connectivity index (χ2v) is 3.96. The third-order valence-electron chi connectivity index (χ3n) is 2.40. The molecule has 74 valence electrons. The third kappa shape index (κ3) is 1.48. The van der Waals surface area contributed by atoms with E-state index in [0.29, 0.717) is 6.42 Å². The van der Waals surface area contributed by atoms with E-state index in [4.69, 9.17) is 5.11 Å². The first-order chi connectivity index (χ1) is 6.72. The molecule has 0 bridgehead atoms. The molecular formula is C9H10N2O2S. The minimum absolute atomic E-state index is 0.402. The van der Waals surface area contributed by atoms with Gasteiger partial charge in [0.25, 0.3) is 0 Å². The molecule has 0 fully saturated rings. The van der Waals surface area contributed by atoms with Crippen molar-refractivity contribution in [3.8, 4) is 0 Å². The van der Waals surface area contributed by atoms with Crippen LogP contribution in [0.4, 0.5) is 0 Å². The standard InChI is InChI=1S/C9H10N2O2S/c1-14-9-10-4-6-5(8(12)13)2-3-7(6)11-9/h4-5H,2-3H2,1H3,(H,12,13). The number of nitrogens with zero attached hydrogens (tertiary/aromatic N) is 2. The second-order valence-electron chi connectivity index (χ2n) is 3.19. The molecule has 0 radical (unpaired) electrons. The monoisotopic (exact) mass is 210 g/mol. The van der Waals surface area contributed by atoms with Crippen molar-refractivity contribution in [3.63, 3.8) is 0 Å². The molecule has 0 amide bonds. The zero-order valence-corrected chi connectivity index (χ0v) is 8.54. The highest BCUT2D eigenvalue weighted by Gasteiger charge is 2.29. The smallest absolute Gasteiger partial charge is 0.311 e. The summed E-state index contributed by atoms with van der Waals surface area (Å²) < 4.78 is 0. The molecule has 2 rings (SSSR count). The van der Waals surface area contributed by atoms with Gasteiger partial charge in [-0.1, -0.05) is 11.8 Å². The molecule has 1 heterocycles. The van der Waals surface area contributed by atoms with E-state index in [2.05, 4.69) is 9.97 Å². The molecule has 1 aliphatic rings. The summed E-state index contributed by atoms with van der Waals surface area (Å²) >= 11 is 1.47. The summed E-state index contributed by atoms with van der Waals surface area (Å²) in [7, 11) is 0. The predicted molar refractivity (Wildman–Crippen MR) is 52.5 cm³/mol. The van der Waals surface area contributed by atoms with Crippen molar-refractivity contribution in [1.82, 2.24) is 9.97 Å². The van der Waals surface area contributed by atoms with Gasteiger partial charge in [0.05, 0.1) is 5.92 Å². The lowest BCUT2D eigenvalue weighted by molar-refractivity contribution is -0.138. The van der Waals surface area contributed by atoms with E-state index in [1.54, 1.807) is 6.20 Å². The van der Waals surface area contributed by atoms with Crippen LogP contribution in [0.15, 0.2) is 11.4 Å². The number of carboxylic acids is 1. The Kier molecular flexibility index (Phi) is 2.41. The normalized spacial score (nSPS) is 19.4. The van der Waals surface area contributed by atoms with Crippen molar-refractivity contribution in [1.29, 1.82) is 0 Å². The molecule has 14 heavy (non-hydrogen) atoms. The molecule has 1 atom stereocenters. The third-order valence-corrected chi connectivity index (χ3v) is 2.97. The highest BCUT2D eigenvalue weighted by molar-refractivity contribution is 7.98. The van der Waals surface area contributed by atoms with E-state index in [1.165, 1.54) is 11.8 Å². The van der Waals surface area contributed by atoms with Crippen molar-refractivity contribution < 1.29 is 9.90 Å². The van der Waals surface area contributed by atoms with Gasteiger partial charge in [-0.05, 0) is 19.1 Å². The number of carboxylic acid groups (broad SMARTS) is 1. The lowest BCUT2D eigenvalue weighted by Gasteiger charge is -2.04. The second kappa shape index (κ2) is 3.57. The molecule has 0 saturated carbocycles. The van der Waals surface area contributed by atoms with Crippen LogP contribution in [0.2, 0.25) is 0 Å². The summed E-state index contributed by atoms with van der Waals surface area (Å²) in [5.41, 5.74) is 1.69. The topological polar surface area (TPSA) is 63.1 Å². The van der Waals surface area contributed by atoms with Gasteiger partial charge in [-0.15, -0.1) is 0 Å². The number of fused-ring (bicyclic) bond motifs is 1. The van der Waals surface area contributed by atoms with Crippen LogP contribution >= 0.6 is 11.8 Å². The van der Waals surface area contributed by atoms with Crippen LogP contribution in [0.25, 0.3) is 0 Å². The molecule has 1 aromatic rings. The Morgan fingerprint density at radius 1 is 1.71 bits per heavy atom. The maximum atomic E-state index is 10.9. The summed E-state index contributed by atoms with van der Waals surface area (Å²) in [5.74, 6) is -1.18. The van der Waals surface area contributed by atoms with Crippen LogP contribution in [0, 0.1) is 0 Å². The zero-order valence-electron chi connectivity index (χ0n) is 7.73. The Labute approximate surface area is 85.8 Å². The number of rotatable bonds is 2. The molecule has 5 heteroatoms. The maximum Gasteiger partial charge on any atom is 0.311 e. The molecule has 1 unspecified atom stereocenters. The van der Waals surface area contributed by atoms with Crippen molar-refractivity contribution >= 4 is 17.7 Å². The number of hydrogen-bond donors (Lipinski definition) is 1. The molecule has 4 nitrogen and oxygen atoms in total. The van der Waals surface area contributed by atoms with E-state index in [-0.39, 0.29) is 0 Å². The molecule has 0 aliphatic heterocycles. The Balaban J connectivity index is 2.38. The summed E-state index contributed by atoms with van der Waals surface area (Å²) in [4.78, 5) is 19.2. The quantitative estimate of drug-likeness (QED) is 0.589. The van der Waals surface area contributed by atoms with Gasteiger partial charge in [0.1, 0.15) is 0 Å². The molecule has 0 saturated heterocycles. The van der Waals surface area contributed by atoms with Gasteiger partial charge in [0, 0.05) is 17.5 Å². The number of thioether (sulfide) groups is 1. The fourth-order valence-corrected chi connectivity index (χ4v) is 2.05. The molecule has 0 aromatic carbocycles. The minimum Gasteiger partial charge on any atom is -0.481 e. The molecular weight excluding hydrogens is 200 g/mol. The van der Waals surface area contributed by atoms with E-state index < -0.39 is 11.9 Å². The Hall–Kier alpha value is -1.10. The Morgan fingerprint density at radius 2 is 2.50 bits per heavy atom. The van der Waals surface area contributed by atoms with Crippen LogP contribution in [-0.4, -0.2) is 27.3 Å². The van der Waals surface area contributed by atoms with Gasteiger partial charge in [-0.25, -0.2) is 9.97 Å². The van der Waals surface area contributed by atoms with Crippen LogP contribution < -0.4 is 0 Å². The van der Waals surface area contributed by atoms with Crippen LogP contribution in [0.3, 0.4) is 0 Å². The van der Waals surface area contributed by atoms with Crippen molar-refractivity contribution in [2.24, 2.45) is 0 Å². The lowest BCUT2D eigenvalue weighted by Crippen LogP contribution is -2.08. The number of aromatic nitrogens is 2. The average Bonchev–Trinajstić information content (AvgIpc) is 2.59. The summed E-state index contributed by atoms with van der Waals surface area (Å²) in [6, 6.07) is 0. The van der Waals surface area contributed by atoms with Crippen LogP contribution in [0.1, 0.15) is 23.6 Å². The average molecular weight is 210 g/mol. The summed E-state index contributed by atoms with van der Waals surface area (Å²) in [6.07, 6.45) is 4.96. The lowest BCUT2D eigenvalue weighted by atomic mass is 10.1. The van der Waals surface area contributed by atoms with E-state index in [1.807, 2.05) is 6.26 Å². The van der Waals surface area contributed by atoms with Gasteiger partial charge in [-0.3, -0.25) is 4.79 Å². The first-order valence-corrected chi connectivity index (χ1v) is 5.57. The SMILES string of the molecule is CSc1ncc2c(n1)CCC2C(=O)O. The summed E-state index contributed by atoms with van der Waals surface area (Å²) in [6.45, 7) is 0. The largest absolute Gasteiger partial charge is 0.481 e. The van der Waals surface area contributed by atoms with Crippen molar-refractivity contribution in [3.05, 3.63) is 17.5 Å².